The van der Waals surface area contributed by atoms with Crippen molar-refractivity contribution >= 4 is 50.7 Å². The fourth-order valence-electron chi connectivity index (χ4n) is 2.33. The van der Waals surface area contributed by atoms with Gasteiger partial charge in [-0.2, -0.15) is 0 Å². The van der Waals surface area contributed by atoms with Crippen molar-refractivity contribution in [2.75, 3.05) is 25.5 Å². The zero-order valence-corrected chi connectivity index (χ0v) is 17.8. The number of para-hydroxylation sites is 1. The minimum Gasteiger partial charge on any atom is -0.332 e. The second-order valence-electron chi connectivity index (χ2n) is 5.97. The number of nitrogens with zero attached hydrogens (tertiary/aromatic N) is 1. The maximum absolute atomic E-state index is 12.5. The summed E-state index contributed by atoms with van der Waals surface area (Å²) < 4.78 is 26.4. The van der Waals surface area contributed by atoms with Crippen molar-refractivity contribution in [2.45, 2.75) is 4.90 Å². The van der Waals surface area contributed by atoms with Gasteiger partial charge >= 0.3 is 0 Å². The number of likely N-dealkylation sites (N-methyl/N-ethyl adjacent to an activating group) is 1. The number of benzene rings is 2. The third-order valence-electron chi connectivity index (χ3n) is 3.78. The van der Waals surface area contributed by atoms with Crippen LogP contribution in [0.1, 0.15) is 10.4 Å². The second kappa shape index (κ2) is 9.89. The van der Waals surface area contributed by atoms with Crippen LogP contribution in [0.2, 0.25) is 10.0 Å². The summed E-state index contributed by atoms with van der Waals surface area (Å²) in [6.45, 7) is 3.29. The lowest BCUT2D eigenvalue weighted by Crippen LogP contribution is -2.35. The minimum atomic E-state index is -3.68. The fraction of sp³-hybridized carbons (Fsp3) is 0.158. The first-order valence-corrected chi connectivity index (χ1v) is 10.6. The van der Waals surface area contributed by atoms with Crippen LogP contribution in [0.5, 0.6) is 0 Å². The molecule has 0 aromatic heterocycles. The maximum Gasteiger partial charge on any atom is 0.254 e. The maximum atomic E-state index is 12.5. The van der Waals surface area contributed by atoms with Crippen molar-refractivity contribution in [1.82, 2.24) is 9.62 Å². The third kappa shape index (κ3) is 6.04. The highest BCUT2D eigenvalue weighted by molar-refractivity contribution is 7.89. The molecular weight excluding hydrogens is 437 g/mol. The SMILES string of the molecule is C=CCNS(=O)(=O)c1ccc(C(=O)N(C)CC(=O)Nc2c(Cl)cccc2Cl)cc1. The average molecular weight is 456 g/mol. The van der Waals surface area contributed by atoms with Crippen LogP contribution in [0, 0.1) is 0 Å². The Kier molecular flexibility index (Phi) is 7.80. The molecular formula is C19H19Cl2N3O4S. The zero-order valence-electron chi connectivity index (χ0n) is 15.5. The van der Waals surface area contributed by atoms with Crippen molar-refractivity contribution in [3.8, 4) is 0 Å². The summed E-state index contributed by atoms with van der Waals surface area (Å²) in [4.78, 5) is 26.0. The lowest BCUT2D eigenvalue weighted by Gasteiger charge is -2.18. The monoisotopic (exact) mass is 455 g/mol. The van der Waals surface area contributed by atoms with Crippen molar-refractivity contribution in [2.24, 2.45) is 0 Å². The van der Waals surface area contributed by atoms with Crippen molar-refractivity contribution < 1.29 is 18.0 Å². The Morgan fingerprint density at radius 2 is 1.69 bits per heavy atom. The van der Waals surface area contributed by atoms with Gasteiger partial charge in [-0.15, -0.1) is 6.58 Å². The van der Waals surface area contributed by atoms with E-state index in [4.69, 9.17) is 23.2 Å². The summed E-state index contributed by atoms with van der Waals surface area (Å²) in [7, 11) is -2.23. The number of hydrogen-bond donors (Lipinski definition) is 2. The van der Waals surface area contributed by atoms with E-state index in [1.54, 1.807) is 18.2 Å². The zero-order chi connectivity index (χ0) is 21.6. The molecule has 10 heteroatoms. The van der Waals surface area contributed by atoms with E-state index < -0.39 is 21.8 Å². The van der Waals surface area contributed by atoms with E-state index in [9.17, 15) is 18.0 Å². The van der Waals surface area contributed by atoms with E-state index in [0.717, 1.165) is 0 Å². The van der Waals surface area contributed by atoms with Gasteiger partial charge in [0.2, 0.25) is 15.9 Å². The first-order valence-electron chi connectivity index (χ1n) is 8.35. The van der Waals surface area contributed by atoms with E-state index >= 15 is 0 Å². The summed E-state index contributed by atoms with van der Waals surface area (Å²) >= 11 is 12.0. The molecule has 0 saturated carbocycles. The van der Waals surface area contributed by atoms with Crippen LogP contribution in [0.15, 0.2) is 60.0 Å². The number of halogens is 2. The highest BCUT2D eigenvalue weighted by Gasteiger charge is 2.18. The van der Waals surface area contributed by atoms with Crippen LogP contribution >= 0.6 is 23.2 Å². The molecule has 0 atom stereocenters. The Morgan fingerprint density at radius 1 is 1.10 bits per heavy atom. The molecule has 0 unspecified atom stereocenters. The Labute approximate surface area is 179 Å². The van der Waals surface area contributed by atoms with Gasteiger partial charge in [0.15, 0.2) is 0 Å². The van der Waals surface area contributed by atoms with Crippen molar-refractivity contribution in [3.05, 3.63) is 70.7 Å². The summed E-state index contributed by atoms with van der Waals surface area (Å²) in [5, 5.41) is 3.13. The Bertz CT molecular complexity index is 1000. The molecule has 2 aromatic carbocycles. The van der Waals surface area contributed by atoms with E-state index in [-0.39, 0.29) is 39.3 Å². The summed E-state index contributed by atoms with van der Waals surface area (Å²) in [5.74, 6) is -0.933. The Balaban J connectivity index is 2.04. The number of anilines is 1. The van der Waals surface area contributed by atoms with Crippen molar-refractivity contribution in [3.63, 3.8) is 0 Å². The molecule has 0 spiro atoms. The van der Waals surface area contributed by atoms with Crippen LogP contribution in [-0.2, 0) is 14.8 Å². The normalized spacial score (nSPS) is 11.0. The molecule has 0 heterocycles. The highest BCUT2D eigenvalue weighted by atomic mass is 35.5. The summed E-state index contributed by atoms with van der Waals surface area (Å²) in [6, 6.07) is 10.2. The van der Waals surface area contributed by atoms with Gasteiger partial charge in [-0.3, -0.25) is 9.59 Å². The molecule has 29 heavy (non-hydrogen) atoms. The molecule has 0 aliphatic rings. The van der Waals surface area contributed by atoms with E-state index in [2.05, 4.69) is 16.6 Å². The first kappa shape index (κ1) is 22.9. The first-order chi connectivity index (χ1) is 13.7. The average Bonchev–Trinajstić information content (AvgIpc) is 2.69. The number of amides is 2. The lowest BCUT2D eigenvalue weighted by molar-refractivity contribution is -0.116. The molecule has 0 saturated heterocycles. The predicted octanol–water partition coefficient (Wildman–Crippen LogP) is 3.17. The number of nitrogens with one attached hydrogen (secondary N) is 2. The van der Waals surface area contributed by atoms with Gasteiger partial charge in [0, 0.05) is 19.2 Å². The van der Waals surface area contributed by atoms with Gasteiger partial charge in [-0.1, -0.05) is 35.3 Å². The predicted molar refractivity (Wildman–Crippen MR) is 114 cm³/mol. The number of rotatable bonds is 8. The molecule has 2 N–H and O–H groups in total. The van der Waals surface area contributed by atoms with Gasteiger partial charge < -0.3 is 10.2 Å². The Morgan fingerprint density at radius 3 is 2.24 bits per heavy atom. The number of carbonyl (C=O) groups excluding carboxylic acids is 2. The number of hydrogen-bond acceptors (Lipinski definition) is 4. The molecule has 0 radical (unpaired) electrons. The lowest BCUT2D eigenvalue weighted by atomic mass is 10.2. The van der Waals surface area contributed by atoms with Gasteiger partial charge in [0.1, 0.15) is 0 Å². The fourth-order valence-corrected chi connectivity index (χ4v) is 3.82. The second-order valence-corrected chi connectivity index (χ2v) is 8.55. The number of carbonyl (C=O) groups is 2. The summed E-state index contributed by atoms with van der Waals surface area (Å²) in [6.07, 6.45) is 1.42. The quantitative estimate of drug-likeness (QED) is 0.597. The molecule has 2 rings (SSSR count). The topological polar surface area (TPSA) is 95.6 Å². The van der Waals surface area contributed by atoms with Crippen LogP contribution < -0.4 is 10.0 Å². The molecule has 154 valence electrons. The molecule has 0 bridgehead atoms. The van der Waals surface area contributed by atoms with Crippen LogP contribution in [0.25, 0.3) is 0 Å². The van der Waals surface area contributed by atoms with Gasteiger partial charge in [0.25, 0.3) is 5.91 Å². The van der Waals surface area contributed by atoms with E-state index in [1.165, 1.54) is 42.3 Å². The van der Waals surface area contributed by atoms with Crippen LogP contribution in [0.4, 0.5) is 5.69 Å². The standard InChI is InChI=1S/C19H19Cl2N3O4S/c1-3-11-22-29(27,28)14-9-7-13(8-10-14)19(26)24(2)12-17(25)23-18-15(20)5-4-6-16(18)21/h3-10,22H,1,11-12H2,2H3,(H,23,25). The number of sulfonamides is 1. The highest BCUT2D eigenvalue weighted by Crippen LogP contribution is 2.29. The van der Waals surface area contributed by atoms with Crippen LogP contribution in [-0.4, -0.2) is 45.3 Å². The largest absolute Gasteiger partial charge is 0.332 e. The molecule has 2 aromatic rings. The van der Waals surface area contributed by atoms with Gasteiger partial charge in [0.05, 0.1) is 27.2 Å². The van der Waals surface area contributed by atoms with Gasteiger partial charge in [-0.25, -0.2) is 13.1 Å². The van der Waals surface area contributed by atoms with E-state index in [1.807, 2.05) is 0 Å². The molecule has 0 aliphatic heterocycles. The van der Waals surface area contributed by atoms with Gasteiger partial charge in [-0.05, 0) is 36.4 Å². The van der Waals surface area contributed by atoms with E-state index in [0.29, 0.717) is 0 Å². The molecule has 0 fully saturated rings. The Hall–Kier alpha value is -2.39. The smallest absolute Gasteiger partial charge is 0.254 e. The third-order valence-corrected chi connectivity index (χ3v) is 5.85. The molecule has 0 aliphatic carbocycles. The summed E-state index contributed by atoms with van der Waals surface area (Å²) in [5.41, 5.74) is 0.502. The minimum absolute atomic E-state index is 0.0182. The molecule has 7 nitrogen and oxygen atoms in total. The molecule has 2 amide bonds. The van der Waals surface area contributed by atoms with Crippen LogP contribution in [0.3, 0.4) is 0 Å². The van der Waals surface area contributed by atoms with Crippen molar-refractivity contribution in [1.29, 1.82) is 0 Å².